The fourth-order valence-electron chi connectivity index (χ4n) is 1.94. The van der Waals surface area contributed by atoms with Crippen molar-refractivity contribution in [2.75, 3.05) is 6.61 Å². The average Bonchev–Trinajstić information content (AvgIpc) is 2.66. The summed E-state index contributed by atoms with van der Waals surface area (Å²) in [4.78, 5) is 27.4. The number of nitrogens with zero attached hydrogens (tertiary/aromatic N) is 2. The number of aromatic nitrogens is 1. The highest BCUT2D eigenvalue weighted by atomic mass is 16.5. The number of pyridine rings is 1. The molecule has 0 aliphatic carbocycles. The summed E-state index contributed by atoms with van der Waals surface area (Å²) < 4.78 is 5.37. The molecule has 2 amide bonds. The molecule has 134 valence electrons. The average molecular weight is 352 g/mol. The molecule has 0 bridgehead atoms. The number of hydrogen-bond donors (Lipinski definition) is 2. The minimum absolute atomic E-state index is 0.300. The number of rotatable bonds is 9. The Labute approximate surface area is 151 Å². The first kappa shape index (κ1) is 18.9. The van der Waals surface area contributed by atoms with Crippen LogP contribution in [0.4, 0.5) is 0 Å². The summed E-state index contributed by atoms with van der Waals surface area (Å²) in [6.07, 6.45) is 6.16. The van der Waals surface area contributed by atoms with E-state index in [-0.39, 0.29) is 12.3 Å². The van der Waals surface area contributed by atoms with Crippen molar-refractivity contribution in [1.82, 2.24) is 15.7 Å². The van der Waals surface area contributed by atoms with Gasteiger partial charge >= 0.3 is 0 Å². The van der Waals surface area contributed by atoms with Gasteiger partial charge in [-0.1, -0.05) is 18.7 Å². The first-order valence-electron chi connectivity index (χ1n) is 7.98. The second kappa shape index (κ2) is 10.4. The smallest absolute Gasteiger partial charge is 0.249 e. The summed E-state index contributed by atoms with van der Waals surface area (Å²) in [5.74, 6) is -0.155. The molecule has 1 heterocycles. The molecular weight excluding hydrogens is 332 g/mol. The predicted octanol–water partition coefficient (Wildman–Crippen LogP) is 1.80. The third-order valence-corrected chi connectivity index (χ3v) is 3.18. The normalized spacial score (nSPS) is 10.3. The molecule has 0 aliphatic rings. The first-order chi connectivity index (χ1) is 12.7. The van der Waals surface area contributed by atoms with Crippen LogP contribution in [0.2, 0.25) is 0 Å². The molecule has 2 N–H and O–H groups in total. The summed E-state index contributed by atoms with van der Waals surface area (Å²) in [7, 11) is 0. The monoisotopic (exact) mass is 352 g/mol. The van der Waals surface area contributed by atoms with Crippen LogP contribution in [0.5, 0.6) is 5.75 Å². The van der Waals surface area contributed by atoms with E-state index >= 15 is 0 Å². The number of amides is 2. The fraction of sp³-hybridized carbons (Fsp3) is 0.158. The van der Waals surface area contributed by atoms with E-state index in [1.807, 2.05) is 6.07 Å². The maximum Gasteiger partial charge on any atom is 0.249 e. The van der Waals surface area contributed by atoms with Crippen LogP contribution in [-0.2, 0) is 16.1 Å². The van der Waals surface area contributed by atoms with Crippen molar-refractivity contribution in [2.45, 2.75) is 13.0 Å². The maximum atomic E-state index is 11.7. The van der Waals surface area contributed by atoms with Crippen molar-refractivity contribution in [3.8, 4) is 5.75 Å². The van der Waals surface area contributed by atoms with Crippen molar-refractivity contribution in [2.24, 2.45) is 5.10 Å². The minimum atomic E-state index is -0.490. The molecule has 0 fully saturated rings. The number of ether oxygens (including phenoxy) is 1. The summed E-state index contributed by atoms with van der Waals surface area (Å²) in [5, 5.41) is 6.48. The maximum absolute atomic E-state index is 11.7. The van der Waals surface area contributed by atoms with E-state index in [0.717, 1.165) is 16.9 Å². The molecule has 0 radical (unpaired) electrons. The highest BCUT2D eigenvalue weighted by Crippen LogP contribution is 2.10. The van der Waals surface area contributed by atoms with Gasteiger partial charge < -0.3 is 10.1 Å². The third-order valence-electron chi connectivity index (χ3n) is 3.18. The van der Waals surface area contributed by atoms with Gasteiger partial charge in [-0.2, -0.15) is 5.10 Å². The molecule has 0 saturated carbocycles. The van der Waals surface area contributed by atoms with Crippen LogP contribution in [0.1, 0.15) is 17.5 Å². The molecular formula is C19H20N4O3. The van der Waals surface area contributed by atoms with Gasteiger partial charge in [-0.25, -0.2) is 5.43 Å². The van der Waals surface area contributed by atoms with E-state index < -0.39 is 5.91 Å². The van der Waals surface area contributed by atoms with Crippen LogP contribution in [0.15, 0.2) is 66.5 Å². The van der Waals surface area contributed by atoms with Crippen LogP contribution in [0.3, 0.4) is 0 Å². The lowest BCUT2D eigenvalue weighted by atomic mass is 10.2. The van der Waals surface area contributed by atoms with Gasteiger partial charge in [0.05, 0.1) is 6.21 Å². The van der Waals surface area contributed by atoms with Crippen LogP contribution in [0, 0.1) is 0 Å². The molecule has 7 nitrogen and oxygen atoms in total. The van der Waals surface area contributed by atoms with E-state index in [1.54, 1.807) is 48.8 Å². The number of carbonyl (C=O) groups is 2. The van der Waals surface area contributed by atoms with Crippen molar-refractivity contribution in [1.29, 1.82) is 0 Å². The van der Waals surface area contributed by atoms with Gasteiger partial charge in [-0.15, -0.1) is 0 Å². The van der Waals surface area contributed by atoms with Gasteiger partial charge in [0.15, 0.2) is 0 Å². The lowest BCUT2D eigenvalue weighted by Crippen LogP contribution is -2.29. The van der Waals surface area contributed by atoms with Crippen molar-refractivity contribution in [3.63, 3.8) is 0 Å². The zero-order chi connectivity index (χ0) is 18.6. The first-order valence-corrected chi connectivity index (χ1v) is 7.98. The summed E-state index contributed by atoms with van der Waals surface area (Å²) in [6, 6.07) is 10.8. The summed E-state index contributed by atoms with van der Waals surface area (Å²) in [5.41, 5.74) is 3.97. The van der Waals surface area contributed by atoms with Crippen LogP contribution >= 0.6 is 0 Å². The molecule has 1 aromatic carbocycles. The van der Waals surface area contributed by atoms with Gasteiger partial charge in [0.1, 0.15) is 18.8 Å². The SMILES string of the molecule is C=CCOc1ccc(/C=N/NC(=O)CC(=O)NCc2cccnc2)cc1. The number of nitrogens with one attached hydrogen (secondary N) is 2. The lowest BCUT2D eigenvalue weighted by molar-refractivity contribution is -0.129. The standard InChI is InChI=1S/C19H20N4O3/c1-2-10-26-17-7-5-15(6-8-17)14-22-23-19(25)11-18(24)21-13-16-4-3-9-20-12-16/h2-9,12,14H,1,10-11,13H2,(H,21,24)(H,23,25)/b22-14+. The molecule has 2 rings (SSSR count). The Balaban J connectivity index is 1.71. The molecule has 7 heteroatoms. The zero-order valence-electron chi connectivity index (χ0n) is 14.2. The molecule has 26 heavy (non-hydrogen) atoms. The van der Waals surface area contributed by atoms with Gasteiger partial charge in [-0.3, -0.25) is 14.6 Å². The van der Waals surface area contributed by atoms with Crippen molar-refractivity contribution < 1.29 is 14.3 Å². The molecule has 0 unspecified atom stereocenters. The number of hydrogen-bond acceptors (Lipinski definition) is 5. The van der Waals surface area contributed by atoms with E-state index in [1.165, 1.54) is 6.21 Å². The second-order valence-electron chi connectivity index (χ2n) is 5.28. The van der Waals surface area contributed by atoms with Crippen LogP contribution in [-0.4, -0.2) is 29.6 Å². The number of benzene rings is 1. The van der Waals surface area contributed by atoms with Crippen LogP contribution in [0.25, 0.3) is 0 Å². The molecule has 0 atom stereocenters. The van der Waals surface area contributed by atoms with Gasteiger partial charge in [0, 0.05) is 18.9 Å². The summed E-state index contributed by atoms with van der Waals surface area (Å²) in [6.45, 7) is 4.34. The van der Waals surface area contributed by atoms with Crippen molar-refractivity contribution in [3.05, 3.63) is 72.6 Å². The largest absolute Gasteiger partial charge is 0.490 e. The Kier molecular flexibility index (Phi) is 7.54. The minimum Gasteiger partial charge on any atom is -0.490 e. The van der Waals surface area contributed by atoms with E-state index in [2.05, 4.69) is 27.4 Å². The lowest BCUT2D eigenvalue weighted by Gasteiger charge is -2.04. The highest BCUT2D eigenvalue weighted by Gasteiger charge is 2.08. The van der Waals surface area contributed by atoms with E-state index in [0.29, 0.717) is 13.2 Å². The molecule has 2 aromatic rings. The molecule has 0 aliphatic heterocycles. The summed E-state index contributed by atoms with van der Waals surface area (Å²) >= 11 is 0. The number of carbonyl (C=O) groups excluding carboxylic acids is 2. The predicted molar refractivity (Wildman–Crippen MR) is 98.6 cm³/mol. The second-order valence-corrected chi connectivity index (χ2v) is 5.28. The van der Waals surface area contributed by atoms with Crippen molar-refractivity contribution >= 4 is 18.0 Å². The van der Waals surface area contributed by atoms with E-state index in [9.17, 15) is 9.59 Å². The Morgan fingerprint density at radius 1 is 1.19 bits per heavy atom. The topological polar surface area (TPSA) is 92.7 Å². The van der Waals surface area contributed by atoms with Gasteiger partial charge in [0.25, 0.3) is 0 Å². The van der Waals surface area contributed by atoms with E-state index in [4.69, 9.17) is 4.74 Å². The van der Waals surface area contributed by atoms with Crippen LogP contribution < -0.4 is 15.5 Å². The molecule has 0 spiro atoms. The third kappa shape index (κ3) is 6.96. The Morgan fingerprint density at radius 2 is 2.00 bits per heavy atom. The Morgan fingerprint density at radius 3 is 2.69 bits per heavy atom. The molecule has 1 aromatic heterocycles. The number of hydrazone groups is 1. The fourth-order valence-corrected chi connectivity index (χ4v) is 1.94. The zero-order valence-corrected chi connectivity index (χ0v) is 14.2. The Bertz CT molecular complexity index is 758. The quantitative estimate of drug-likeness (QED) is 0.311. The Hall–Kier alpha value is -3.48. The van der Waals surface area contributed by atoms with Gasteiger partial charge in [-0.05, 0) is 41.5 Å². The van der Waals surface area contributed by atoms with Gasteiger partial charge in [0.2, 0.25) is 11.8 Å². The molecule has 0 saturated heterocycles. The highest BCUT2D eigenvalue weighted by molar-refractivity contribution is 5.97.